The summed E-state index contributed by atoms with van der Waals surface area (Å²) < 4.78 is 11.2. The first-order chi connectivity index (χ1) is 12.8. The molecule has 0 amide bonds. The van der Waals surface area contributed by atoms with Gasteiger partial charge >= 0.3 is 0 Å². The Labute approximate surface area is 158 Å². The molecule has 0 aliphatic carbocycles. The van der Waals surface area contributed by atoms with Crippen LogP contribution in [0.3, 0.4) is 0 Å². The van der Waals surface area contributed by atoms with Crippen molar-refractivity contribution in [3.8, 4) is 0 Å². The van der Waals surface area contributed by atoms with Crippen molar-refractivity contribution in [2.75, 3.05) is 57.9 Å². The molecule has 1 saturated heterocycles. The normalized spacial score (nSPS) is 17.3. The predicted molar refractivity (Wildman–Crippen MR) is 108 cm³/mol. The van der Waals surface area contributed by atoms with Crippen LogP contribution in [0.25, 0.3) is 0 Å². The van der Waals surface area contributed by atoms with Gasteiger partial charge in [0.05, 0.1) is 19.3 Å². The van der Waals surface area contributed by atoms with Crippen LogP contribution >= 0.6 is 0 Å². The van der Waals surface area contributed by atoms with Gasteiger partial charge in [0.15, 0.2) is 5.96 Å². The van der Waals surface area contributed by atoms with Crippen molar-refractivity contribution in [1.82, 2.24) is 10.6 Å². The summed E-state index contributed by atoms with van der Waals surface area (Å²) in [6.45, 7) is 8.10. The summed E-state index contributed by atoms with van der Waals surface area (Å²) >= 11 is 0. The number of para-hydroxylation sites is 1. The molecule has 6 nitrogen and oxygen atoms in total. The van der Waals surface area contributed by atoms with Crippen molar-refractivity contribution in [1.29, 1.82) is 0 Å². The quantitative estimate of drug-likeness (QED) is 0.359. The highest BCUT2D eigenvalue weighted by atomic mass is 16.5. The zero-order valence-corrected chi connectivity index (χ0v) is 16.2. The summed E-state index contributed by atoms with van der Waals surface area (Å²) in [4.78, 5) is 6.64. The molecule has 1 atom stereocenters. The van der Waals surface area contributed by atoms with Crippen molar-refractivity contribution < 1.29 is 9.47 Å². The number of ether oxygens (including phenoxy) is 2. The molecular weight excluding hydrogens is 328 g/mol. The Hall–Kier alpha value is -1.79. The molecule has 2 rings (SSSR count). The summed E-state index contributed by atoms with van der Waals surface area (Å²) in [7, 11) is 1.80. The highest BCUT2D eigenvalue weighted by Crippen LogP contribution is 2.13. The fraction of sp³-hybridized carbons (Fsp3) is 0.650. The number of hydrogen-bond donors (Lipinski definition) is 2. The van der Waals surface area contributed by atoms with E-state index in [2.05, 4.69) is 57.8 Å². The van der Waals surface area contributed by atoms with E-state index >= 15 is 0 Å². The maximum atomic E-state index is 5.66. The van der Waals surface area contributed by atoms with Gasteiger partial charge in [0.25, 0.3) is 0 Å². The van der Waals surface area contributed by atoms with Gasteiger partial charge in [-0.15, -0.1) is 0 Å². The number of nitrogens with one attached hydrogen (secondary N) is 2. The van der Waals surface area contributed by atoms with E-state index in [0.29, 0.717) is 19.3 Å². The van der Waals surface area contributed by atoms with E-state index in [9.17, 15) is 0 Å². The summed E-state index contributed by atoms with van der Waals surface area (Å²) in [6, 6.07) is 10.5. The standard InChI is InChI=1S/C20H34N4O2/c1-3-24(18-9-5-4-6-10-18)14-8-12-22-20(21-2)23-13-16-25-17-19-11-7-15-26-19/h4-6,9-10,19H,3,7-8,11-17H2,1-2H3,(H2,21,22,23). The number of aliphatic imine (C=N–C) groups is 1. The summed E-state index contributed by atoms with van der Waals surface area (Å²) in [5.41, 5.74) is 1.28. The Balaban J connectivity index is 1.53. The first kappa shape index (κ1) is 20.5. The van der Waals surface area contributed by atoms with Gasteiger partial charge in [0.1, 0.15) is 0 Å². The lowest BCUT2D eigenvalue weighted by Gasteiger charge is -2.23. The Bertz CT molecular complexity index is 504. The molecule has 6 heteroatoms. The Morgan fingerprint density at radius 1 is 1.27 bits per heavy atom. The van der Waals surface area contributed by atoms with E-state index in [4.69, 9.17) is 9.47 Å². The van der Waals surface area contributed by atoms with Crippen LogP contribution in [0.15, 0.2) is 35.3 Å². The van der Waals surface area contributed by atoms with Crippen LogP contribution in [0.4, 0.5) is 5.69 Å². The molecule has 0 saturated carbocycles. The fourth-order valence-corrected chi connectivity index (χ4v) is 3.04. The number of hydrogen-bond acceptors (Lipinski definition) is 4. The van der Waals surface area contributed by atoms with Crippen LogP contribution in [-0.2, 0) is 9.47 Å². The molecule has 1 heterocycles. The van der Waals surface area contributed by atoms with Gasteiger partial charge < -0.3 is 25.0 Å². The van der Waals surface area contributed by atoms with Crippen LogP contribution in [0.5, 0.6) is 0 Å². The molecule has 1 unspecified atom stereocenters. The van der Waals surface area contributed by atoms with Gasteiger partial charge in [0.2, 0.25) is 0 Å². The van der Waals surface area contributed by atoms with Gasteiger partial charge in [-0.25, -0.2) is 0 Å². The average molecular weight is 363 g/mol. The molecule has 1 aliphatic heterocycles. The summed E-state index contributed by atoms with van der Waals surface area (Å²) in [5.74, 6) is 0.827. The highest BCUT2D eigenvalue weighted by Gasteiger charge is 2.14. The molecule has 2 N–H and O–H groups in total. The number of nitrogens with zero attached hydrogens (tertiary/aromatic N) is 2. The van der Waals surface area contributed by atoms with E-state index < -0.39 is 0 Å². The van der Waals surface area contributed by atoms with Gasteiger partial charge in [0, 0.05) is 45.5 Å². The van der Waals surface area contributed by atoms with Gasteiger partial charge in [-0.05, 0) is 38.3 Å². The van der Waals surface area contributed by atoms with E-state index in [1.54, 1.807) is 7.05 Å². The molecule has 1 fully saturated rings. The minimum Gasteiger partial charge on any atom is -0.377 e. The molecule has 0 radical (unpaired) electrons. The molecule has 146 valence electrons. The second-order valence-electron chi connectivity index (χ2n) is 6.40. The molecule has 1 aliphatic rings. The van der Waals surface area contributed by atoms with Crippen LogP contribution < -0.4 is 15.5 Å². The van der Waals surface area contributed by atoms with Gasteiger partial charge in [-0.2, -0.15) is 0 Å². The molecule has 0 aromatic heterocycles. The number of anilines is 1. The molecule has 1 aromatic rings. The largest absolute Gasteiger partial charge is 0.377 e. The molecule has 0 bridgehead atoms. The van der Waals surface area contributed by atoms with Gasteiger partial charge in [-0.1, -0.05) is 18.2 Å². The zero-order valence-electron chi connectivity index (χ0n) is 16.2. The predicted octanol–water partition coefficient (Wildman–Crippen LogP) is 2.26. The van der Waals surface area contributed by atoms with Crippen molar-refractivity contribution in [2.24, 2.45) is 4.99 Å². The lowest BCUT2D eigenvalue weighted by molar-refractivity contribution is 0.0191. The summed E-state index contributed by atoms with van der Waals surface area (Å²) in [6.07, 6.45) is 3.62. The second kappa shape index (κ2) is 12.5. The molecule has 1 aromatic carbocycles. The van der Waals surface area contributed by atoms with Gasteiger partial charge in [-0.3, -0.25) is 4.99 Å². The van der Waals surface area contributed by atoms with Crippen LogP contribution in [-0.4, -0.2) is 65.1 Å². The molecule has 26 heavy (non-hydrogen) atoms. The van der Waals surface area contributed by atoms with Crippen molar-refractivity contribution >= 4 is 11.6 Å². The summed E-state index contributed by atoms with van der Waals surface area (Å²) in [5, 5.41) is 6.65. The molecular formula is C20H34N4O2. The highest BCUT2D eigenvalue weighted by molar-refractivity contribution is 5.79. The van der Waals surface area contributed by atoms with Crippen molar-refractivity contribution in [3.63, 3.8) is 0 Å². The first-order valence-electron chi connectivity index (χ1n) is 9.77. The average Bonchev–Trinajstić information content (AvgIpc) is 3.20. The smallest absolute Gasteiger partial charge is 0.191 e. The fourth-order valence-electron chi connectivity index (χ4n) is 3.04. The second-order valence-corrected chi connectivity index (χ2v) is 6.40. The van der Waals surface area contributed by atoms with E-state index in [-0.39, 0.29) is 0 Å². The van der Waals surface area contributed by atoms with Crippen LogP contribution in [0.2, 0.25) is 0 Å². The maximum absolute atomic E-state index is 5.66. The third-order valence-corrected chi connectivity index (χ3v) is 4.49. The minimum atomic E-state index is 0.290. The lowest BCUT2D eigenvalue weighted by Crippen LogP contribution is -2.40. The SMILES string of the molecule is CCN(CCCNC(=NC)NCCOCC1CCCO1)c1ccccc1. The third kappa shape index (κ3) is 7.62. The minimum absolute atomic E-state index is 0.290. The Morgan fingerprint density at radius 2 is 2.08 bits per heavy atom. The van der Waals surface area contributed by atoms with E-state index in [1.165, 1.54) is 5.69 Å². The zero-order chi connectivity index (χ0) is 18.5. The van der Waals surface area contributed by atoms with Crippen molar-refractivity contribution in [3.05, 3.63) is 30.3 Å². The Kier molecular flexibility index (Phi) is 9.90. The topological polar surface area (TPSA) is 58.1 Å². The number of rotatable bonds is 11. The lowest BCUT2D eigenvalue weighted by atomic mass is 10.2. The monoisotopic (exact) mass is 362 g/mol. The molecule has 0 spiro atoms. The van der Waals surface area contributed by atoms with E-state index in [1.807, 2.05) is 0 Å². The van der Waals surface area contributed by atoms with E-state index in [0.717, 1.165) is 58.0 Å². The van der Waals surface area contributed by atoms with Crippen LogP contribution in [0, 0.1) is 0 Å². The van der Waals surface area contributed by atoms with Crippen molar-refractivity contribution in [2.45, 2.75) is 32.3 Å². The Morgan fingerprint density at radius 3 is 2.77 bits per heavy atom. The number of benzene rings is 1. The van der Waals surface area contributed by atoms with Crippen LogP contribution in [0.1, 0.15) is 26.2 Å². The maximum Gasteiger partial charge on any atom is 0.191 e. The third-order valence-electron chi connectivity index (χ3n) is 4.49. The number of guanidine groups is 1. The first-order valence-corrected chi connectivity index (χ1v) is 9.77.